The third kappa shape index (κ3) is 8.27. The largest absolute Gasteiger partial charge is 2.00 e. The van der Waals surface area contributed by atoms with Gasteiger partial charge in [-0.2, -0.15) is 0 Å². The van der Waals surface area contributed by atoms with Crippen molar-refractivity contribution in [2.45, 2.75) is 50.3 Å². The van der Waals surface area contributed by atoms with Gasteiger partial charge in [0.05, 0.1) is 11.5 Å². The molecule has 0 aliphatic heterocycles. The molecule has 7 rings (SSSR count). The van der Waals surface area contributed by atoms with Crippen LogP contribution in [-0.2, 0) is 17.1 Å². The van der Waals surface area contributed by atoms with E-state index in [2.05, 4.69) is 134 Å². The van der Waals surface area contributed by atoms with E-state index >= 15 is 0 Å². The third-order valence-electron chi connectivity index (χ3n) is 7.98. The van der Waals surface area contributed by atoms with E-state index in [1.165, 1.54) is 59.3 Å². The zero-order chi connectivity index (χ0) is 29.3. The average molecular weight is 656 g/mol. The van der Waals surface area contributed by atoms with Crippen molar-refractivity contribution >= 4 is 35.7 Å². The predicted octanol–water partition coefficient (Wildman–Crippen LogP) is 8.08. The van der Waals surface area contributed by atoms with Gasteiger partial charge in [-0.25, -0.2) is 4.68 Å². The molecule has 3 fully saturated rings. The molecule has 3 aromatic carbocycles. The Hall–Kier alpha value is -1.90. The van der Waals surface area contributed by atoms with Gasteiger partial charge >= 0.3 is 17.1 Å². The van der Waals surface area contributed by atoms with Crippen molar-refractivity contribution in [3.8, 4) is 11.3 Å². The van der Waals surface area contributed by atoms with E-state index < -0.39 is 7.92 Å². The Labute approximate surface area is 281 Å². The summed E-state index contributed by atoms with van der Waals surface area (Å²) in [5.74, 6) is 1.35. The summed E-state index contributed by atoms with van der Waals surface area (Å²) in [5, 5.41) is 14.5. The molecule has 4 aromatic rings. The fourth-order valence-corrected chi connectivity index (χ4v) is 9.76. The van der Waals surface area contributed by atoms with Gasteiger partial charge in [0.25, 0.3) is 0 Å². The minimum atomic E-state index is -0.877. The molecule has 0 bridgehead atoms. The first kappa shape index (κ1) is 33.5. The molecule has 0 unspecified atom stereocenters. The summed E-state index contributed by atoms with van der Waals surface area (Å²) in [4.78, 5) is 0. The van der Waals surface area contributed by atoms with Crippen molar-refractivity contribution in [3.05, 3.63) is 154 Å². The topological polar surface area (TPSA) is 30.7 Å². The van der Waals surface area contributed by atoms with E-state index in [1.54, 1.807) is 0 Å². The molecule has 10 radical (unpaired) electrons. The fraction of sp³-hybridized carbons (Fsp3) is 0.211. The van der Waals surface area contributed by atoms with Crippen molar-refractivity contribution in [1.29, 1.82) is 0 Å². The molecular formula is C38H38FeN3PS+2. The molecule has 3 aliphatic carbocycles. The molecule has 3 saturated carbocycles. The minimum Gasteiger partial charge on any atom is -0.240 e. The van der Waals surface area contributed by atoms with E-state index in [-0.39, 0.29) is 23.1 Å². The Morgan fingerprint density at radius 1 is 0.705 bits per heavy atom. The zero-order valence-corrected chi connectivity index (χ0v) is 27.8. The average Bonchev–Trinajstić information content (AvgIpc) is 3.87. The molecule has 0 spiro atoms. The number of rotatable bonds is 8. The Morgan fingerprint density at radius 2 is 1.25 bits per heavy atom. The van der Waals surface area contributed by atoms with Gasteiger partial charge in [0.15, 0.2) is 0 Å². The maximum atomic E-state index is 4.88. The van der Waals surface area contributed by atoms with E-state index in [9.17, 15) is 0 Å². The minimum absolute atomic E-state index is 0. The van der Waals surface area contributed by atoms with Crippen LogP contribution in [0.4, 0.5) is 0 Å². The summed E-state index contributed by atoms with van der Waals surface area (Å²) in [6.45, 7) is 2.29. The summed E-state index contributed by atoms with van der Waals surface area (Å²) in [5.41, 5.74) is 3.29. The quantitative estimate of drug-likeness (QED) is 0.142. The van der Waals surface area contributed by atoms with E-state index in [0.717, 1.165) is 16.5 Å². The van der Waals surface area contributed by atoms with Crippen molar-refractivity contribution < 1.29 is 17.1 Å². The first-order valence-electron chi connectivity index (χ1n) is 15.3. The van der Waals surface area contributed by atoms with Crippen LogP contribution in [0.3, 0.4) is 0 Å². The van der Waals surface area contributed by atoms with Crippen LogP contribution in [0.25, 0.3) is 11.3 Å². The fourth-order valence-electron chi connectivity index (χ4n) is 5.77. The molecule has 1 aromatic heterocycles. The molecule has 0 amide bonds. The van der Waals surface area contributed by atoms with Crippen LogP contribution in [0, 0.1) is 62.5 Å². The third-order valence-corrected chi connectivity index (χ3v) is 11.9. The molecule has 0 N–H and O–H groups in total. The number of thioether (sulfide) groups is 1. The van der Waals surface area contributed by atoms with Crippen LogP contribution in [0.1, 0.15) is 45.1 Å². The number of hydrogen-bond donors (Lipinski definition) is 0. The zero-order valence-electron chi connectivity index (χ0n) is 25.0. The predicted molar refractivity (Wildman–Crippen MR) is 184 cm³/mol. The maximum Gasteiger partial charge on any atom is 2.00 e. The smallest absolute Gasteiger partial charge is 0.240 e. The molecule has 1 heterocycles. The van der Waals surface area contributed by atoms with Crippen LogP contribution >= 0.6 is 19.7 Å². The number of benzene rings is 3. The van der Waals surface area contributed by atoms with Gasteiger partial charge in [-0.3, -0.25) is 0 Å². The number of nitrogens with zero attached hydrogens (tertiary/aromatic N) is 3. The Kier molecular flexibility index (Phi) is 13.0. The molecule has 222 valence electrons. The van der Waals surface area contributed by atoms with Gasteiger partial charge < -0.3 is 0 Å². The van der Waals surface area contributed by atoms with Gasteiger partial charge in [-0.15, -0.1) is 16.9 Å². The SMILES string of the molecule is C[C@@H]([C]1[CH][CH][CH][C]1SC1CCCCC1)n1nnc(-c2ccccc2)c1P(c1ccccc1)c1ccccc1.[CH]1[CH][CH][CH][CH]1.[Fe+2]. The second-order valence-corrected chi connectivity index (χ2v) is 14.4. The summed E-state index contributed by atoms with van der Waals surface area (Å²) >= 11 is 2.07. The van der Waals surface area contributed by atoms with Gasteiger partial charge in [0.1, 0.15) is 5.69 Å². The van der Waals surface area contributed by atoms with Gasteiger partial charge in [-0.05, 0) is 81.7 Å². The van der Waals surface area contributed by atoms with Crippen LogP contribution in [0.5, 0.6) is 0 Å². The second kappa shape index (κ2) is 17.1. The summed E-state index contributed by atoms with van der Waals surface area (Å²) in [7, 11) is -0.877. The second-order valence-electron chi connectivity index (χ2n) is 10.9. The monoisotopic (exact) mass is 655 g/mol. The van der Waals surface area contributed by atoms with Gasteiger partial charge in [0, 0.05) is 29.9 Å². The van der Waals surface area contributed by atoms with Gasteiger partial charge in [0.2, 0.25) is 0 Å². The molecule has 6 heteroatoms. The molecule has 1 atom stereocenters. The standard InChI is InChI=1S/C33H33N3PS.C5H5.Fe/c1-25(30-23-14-24-31(30)38-29-21-12-5-13-22-29)36-33(32(34-35-36)26-15-6-2-7-16-26)37(27-17-8-3-9-18-27)28-19-10-4-11-20-28;1-2-4-5-3-1;/h2-4,6-11,14-20,23-25,29H,5,12-13,21-22H2,1H3;1-5H;/q;;+2/t25-;;/m0../s1. The van der Waals surface area contributed by atoms with Crippen molar-refractivity contribution in [1.82, 2.24) is 15.0 Å². The molecule has 44 heavy (non-hydrogen) atoms. The van der Waals surface area contributed by atoms with Crippen molar-refractivity contribution in [2.75, 3.05) is 0 Å². The Morgan fingerprint density at radius 3 is 1.82 bits per heavy atom. The van der Waals surface area contributed by atoms with E-state index in [1.807, 2.05) is 32.1 Å². The molecule has 3 nitrogen and oxygen atoms in total. The van der Waals surface area contributed by atoms with E-state index in [0.29, 0.717) is 0 Å². The summed E-state index contributed by atoms with van der Waals surface area (Å²) in [6, 6.07) is 32.4. The molecular weight excluding hydrogens is 617 g/mol. The van der Waals surface area contributed by atoms with Crippen molar-refractivity contribution in [3.63, 3.8) is 0 Å². The van der Waals surface area contributed by atoms with Crippen LogP contribution < -0.4 is 16.0 Å². The van der Waals surface area contributed by atoms with E-state index in [4.69, 9.17) is 10.3 Å². The molecule has 0 saturated heterocycles. The maximum absolute atomic E-state index is 4.88. The first-order valence-corrected chi connectivity index (χ1v) is 17.5. The van der Waals surface area contributed by atoms with Crippen LogP contribution in [-0.4, -0.2) is 20.2 Å². The Balaban J connectivity index is 0.000000584. The first-order chi connectivity index (χ1) is 21.3. The van der Waals surface area contributed by atoms with Gasteiger partial charge in [-0.1, -0.05) is 115 Å². The van der Waals surface area contributed by atoms with Crippen LogP contribution in [0.2, 0.25) is 0 Å². The summed E-state index contributed by atoms with van der Waals surface area (Å²) < 4.78 is 2.22. The normalized spacial score (nSPS) is 18.5. The number of hydrogen-bond acceptors (Lipinski definition) is 3. The summed E-state index contributed by atoms with van der Waals surface area (Å²) in [6.07, 6.45) is 23.5. The molecule has 3 aliphatic rings. The van der Waals surface area contributed by atoms with Crippen LogP contribution in [0.15, 0.2) is 91.0 Å². The Bertz CT molecular complexity index is 1330. The number of aromatic nitrogens is 3. The van der Waals surface area contributed by atoms with Crippen molar-refractivity contribution in [2.24, 2.45) is 0 Å².